The molecule has 1 aliphatic heterocycles. The number of hydrogen-bond acceptors (Lipinski definition) is 4. The van der Waals surface area contributed by atoms with Crippen LogP contribution in [-0.4, -0.2) is 5.84 Å². The van der Waals surface area contributed by atoms with Crippen LogP contribution in [0.25, 0.3) is 0 Å². The number of anilines is 2. The van der Waals surface area contributed by atoms with E-state index in [-0.39, 0.29) is 0 Å². The van der Waals surface area contributed by atoms with Crippen molar-refractivity contribution < 1.29 is 0 Å². The lowest BCUT2D eigenvalue weighted by molar-refractivity contribution is 0.770. The third-order valence-electron chi connectivity index (χ3n) is 5.40. The molecule has 0 atom stereocenters. The van der Waals surface area contributed by atoms with Gasteiger partial charge in [0.15, 0.2) is 5.84 Å². The minimum atomic E-state index is 0.840. The Balaban J connectivity index is 1.70. The fourth-order valence-electron chi connectivity index (χ4n) is 3.42. The molecule has 0 bridgehead atoms. The average molecular weight is 385 g/mol. The van der Waals surface area contributed by atoms with Crippen molar-refractivity contribution in [1.29, 1.82) is 0 Å². The van der Waals surface area contributed by atoms with Crippen LogP contribution in [0.4, 0.5) is 11.4 Å². The van der Waals surface area contributed by atoms with E-state index in [2.05, 4.69) is 99.0 Å². The molecule has 0 saturated carbocycles. The molecule has 0 radical (unpaired) electrons. The Hall–Kier alpha value is -3.27. The highest BCUT2D eigenvalue weighted by Gasteiger charge is 2.26. The van der Waals surface area contributed by atoms with Gasteiger partial charge in [0.2, 0.25) is 0 Å². The molecule has 0 aliphatic carbocycles. The lowest BCUT2D eigenvalue weighted by Crippen LogP contribution is -2.44. The number of aryl methyl sites for hydroxylation is 3. The maximum atomic E-state index is 4.90. The number of hydrazine groups is 2. The number of nitrogens with one attached hydrogen (secondary N) is 1. The minimum Gasteiger partial charge on any atom is -0.259 e. The molecule has 4 rings (SSSR count). The largest absolute Gasteiger partial charge is 0.259 e. The van der Waals surface area contributed by atoms with Gasteiger partial charge in [0.05, 0.1) is 11.4 Å². The van der Waals surface area contributed by atoms with E-state index in [1.165, 1.54) is 16.7 Å². The molecule has 0 amide bonds. The number of hydrogen-bond donors (Lipinski definition) is 1. The van der Waals surface area contributed by atoms with Crippen molar-refractivity contribution >= 4 is 17.2 Å². The summed E-state index contributed by atoms with van der Waals surface area (Å²) in [6.45, 7) is 6.51. The molecule has 148 valence electrons. The molecule has 4 nitrogen and oxygen atoms in total. The van der Waals surface area contributed by atoms with Gasteiger partial charge in [-0.15, -0.1) is 5.10 Å². The topological polar surface area (TPSA) is 30.9 Å². The summed E-state index contributed by atoms with van der Waals surface area (Å²) in [5.74, 6) is 0.840. The molecule has 1 aliphatic rings. The SMILES string of the molecule is CCc1ccc(C2=NN(c3ccc(CC)cc3)N(c3ccc(CC)cc3)N2)cc1. The zero-order valence-corrected chi connectivity index (χ0v) is 17.4. The molecular formula is C25H28N4. The smallest absolute Gasteiger partial charge is 0.176 e. The van der Waals surface area contributed by atoms with Gasteiger partial charge in [-0.2, -0.15) is 10.2 Å². The van der Waals surface area contributed by atoms with Crippen LogP contribution in [0.5, 0.6) is 0 Å². The molecule has 0 saturated heterocycles. The number of hydrazone groups is 1. The number of rotatable bonds is 6. The molecule has 1 N–H and O–H groups in total. The van der Waals surface area contributed by atoms with Crippen LogP contribution in [0, 0.1) is 0 Å². The van der Waals surface area contributed by atoms with Crippen molar-refractivity contribution in [3.05, 3.63) is 95.1 Å². The second kappa shape index (κ2) is 8.39. The minimum absolute atomic E-state index is 0.840. The first-order valence-electron chi connectivity index (χ1n) is 10.4. The van der Waals surface area contributed by atoms with Gasteiger partial charge in [0.1, 0.15) is 0 Å². The van der Waals surface area contributed by atoms with Gasteiger partial charge in [0.25, 0.3) is 0 Å². The van der Waals surface area contributed by atoms with Crippen molar-refractivity contribution in [2.45, 2.75) is 40.0 Å². The fourth-order valence-corrected chi connectivity index (χ4v) is 3.42. The highest BCUT2D eigenvalue weighted by molar-refractivity contribution is 6.02. The molecule has 3 aromatic rings. The van der Waals surface area contributed by atoms with Crippen molar-refractivity contribution in [3.63, 3.8) is 0 Å². The maximum absolute atomic E-state index is 4.90. The zero-order valence-electron chi connectivity index (χ0n) is 17.4. The standard InChI is InChI=1S/C25H28N4/c1-4-19-7-13-22(14-8-19)25-26-28(23-15-9-20(5-2)10-16-23)29(27-25)24-17-11-21(6-3)12-18-24/h7-18H,4-6H2,1-3H3,(H,26,27). The summed E-state index contributed by atoms with van der Waals surface area (Å²) in [6.07, 6.45) is 3.09. The van der Waals surface area contributed by atoms with Crippen molar-refractivity contribution in [3.8, 4) is 0 Å². The summed E-state index contributed by atoms with van der Waals surface area (Å²) in [7, 11) is 0. The first-order valence-corrected chi connectivity index (χ1v) is 10.4. The van der Waals surface area contributed by atoms with Gasteiger partial charge >= 0.3 is 0 Å². The zero-order chi connectivity index (χ0) is 20.2. The molecule has 0 spiro atoms. The van der Waals surface area contributed by atoms with Crippen LogP contribution in [0.1, 0.15) is 43.0 Å². The van der Waals surface area contributed by atoms with E-state index in [9.17, 15) is 0 Å². The van der Waals surface area contributed by atoms with Crippen LogP contribution < -0.4 is 15.7 Å². The summed E-state index contributed by atoms with van der Waals surface area (Å²) in [6, 6.07) is 25.8. The number of amidine groups is 1. The summed E-state index contributed by atoms with van der Waals surface area (Å²) in [4.78, 5) is 0. The number of benzene rings is 3. The number of nitrogens with zero attached hydrogens (tertiary/aromatic N) is 3. The molecule has 0 aromatic heterocycles. The predicted molar refractivity (Wildman–Crippen MR) is 122 cm³/mol. The van der Waals surface area contributed by atoms with E-state index in [4.69, 9.17) is 5.10 Å². The first kappa shape index (κ1) is 19.1. The maximum Gasteiger partial charge on any atom is 0.176 e. The Morgan fingerprint density at radius 3 is 1.55 bits per heavy atom. The van der Waals surface area contributed by atoms with Crippen LogP contribution in [0.3, 0.4) is 0 Å². The van der Waals surface area contributed by atoms with E-state index in [1.807, 2.05) is 10.2 Å². The highest BCUT2D eigenvalue weighted by atomic mass is 15.9. The van der Waals surface area contributed by atoms with E-state index in [1.54, 1.807) is 0 Å². The van der Waals surface area contributed by atoms with Crippen LogP contribution in [0.2, 0.25) is 0 Å². The van der Waals surface area contributed by atoms with Gasteiger partial charge < -0.3 is 0 Å². The predicted octanol–water partition coefficient (Wildman–Crippen LogP) is 5.48. The quantitative estimate of drug-likeness (QED) is 0.610. The molecular weight excluding hydrogens is 356 g/mol. The molecule has 4 heteroatoms. The lowest BCUT2D eigenvalue weighted by atomic mass is 10.1. The monoisotopic (exact) mass is 384 g/mol. The fraction of sp³-hybridized carbons (Fsp3) is 0.240. The molecule has 3 aromatic carbocycles. The summed E-state index contributed by atoms with van der Waals surface area (Å²) >= 11 is 0. The molecule has 0 unspecified atom stereocenters. The van der Waals surface area contributed by atoms with E-state index >= 15 is 0 Å². The Bertz CT molecular complexity index is 973. The van der Waals surface area contributed by atoms with Crippen LogP contribution >= 0.6 is 0 Å². The van der Waals surface area contributed by atoms with Gasteiger partial charge in [-0.25, -0.2) is 0 Å². The van der Waals surface area contributed by atoms with Gasteiger partial charge in [-0.3, -0.25) is 5.43 Å². The Labute approximate surface area is 173 Å². The van der Waals surface area contributed by atoms with Crippen LogP contribution in [-0.2, 0) is 19.3 Å². The van der Waals surface area contributed by atoms with Crippen LogP contribution in [0.15, 0.2) is 77.9 Å². The van der Waals surface area contributed by atoms with Crippen molar-refractivity contribution in [1.82, 2.24) is 5.43 Å². The average Bonchev–Trinajstić information content (AvgIpc) is 3.24. The molecule has 0 fully saturated rings. The van der Waals surface area contributed by atoms with E-state index in [0.717, 1.165) is 42.0 Å². The Morgan fingerprint density at radius 2 is 1.07 bits per heavy atom. The second-order valence-electron chi connectivity index (χ2n) is 7.25. The first-order chi connectivity index (χ1) is 14.2. The van der Waals surface area contributed by atoms with Gasteiger partial charge in [0, 0.05) is 5.56 Å². The van der Waals surface area contributed by atoms with Gasteiger partial charge in [-0.05, 0) is 60.2 Å². The Morgan fingerprint density at radius 1 is 0.621 bits per heavy atom. The molecule has 29 heavy (non-hydrogen) atoms. The lowest BCUT2D eigenvalue weighted by Gasteiger charge is -2.28. The van der Waals surface area contributed by atoms with Crippen molar-refractivity contribution in [2.24, 2.45) is 5.10 Å². The Kier molecular flexibility index (Phi) is 5.52. The summed E-state index contributed by atoms with van der Waals surface area (Å²) in [5, 5.41) is 8.84. The third kappa shape index (κ3) is 3.97. The summed E-state index contributed by atoms with van der Waals surface area (Å²) < 4.78 is 0. The second-order valence-corrected chi connectivity index (χ2v) is 7.25. The third-order valence-corrected chi connectivity index (χ3v) is 5.40. The van der Waals surface area contributed by atoms with E-state index < -0.39 is 0 Å². The van der Waals surface area contributed by atoms with E-state index in [0.29, 0.717) is 0 Å². The highest BCUT2D eigenvalue weighted by Crippen LogP contribution is 2.27. The van der Waals surface area contributed by atoms with Gasteiger partial charge in [-0.1, -0.05) is 69.3 Å². The summed E-state index contributed by atoms with van der Waals surface area (Å²) in [5.41, 5.74) is 10.6. The normalized spacial score (nSPS) is 13.4. The van der Waals surface area contributed by atoms with Crippen molar-refractivity contribution in [2.75, 3.05) is 10.2 Å². The molecule has 1 heterocycles.